The van der Waals surface area contributed by atoms with E-state index in [-0.39, 0.29) is 25.9 Å². The lowest BCUT2D eigenvalue weighted by Gasteiger charge is -2.46. The van der Waals surface area contributed by atoms with E-state index in [2.05, 4.69) is 44.0 Å². The Bertz CT molecular complexity index is 2990. The van der Waals surface area contributed by atoms with Crippen LogP contribution in [0.4, 0.5) is 5.69 Å². The Balaban J connectivity index is 1.05. The molecule has 2 amide bonds. The number of aliphatic hydroxyl groups excluding tert-OH is 1. The van der Waals surface area contributed by atoms with Crippen LogP contribution in [0.25, 0.3) is 0 Å². The lowest BCUT2D eigenvalue weighted by Crippen LogP contribution is -2.58. The third kappa shape index (κ3) is 8.57. The predicted octanol–water partition coefficient (Wildman–Crippen LogP) is 6.89. The topological polar surface area (TPSA) is 133 Å². The van der Waals surface area contributed by atoms with Crippen LogP contribution in [0.5, 0.6) is 17.2 Å². The van der Waals surface area contributed by atoms with Gasteiger partial charge in [-0.2, -0.15) is 0 Å². The second kappa shape index (κ2) is 19.7. The minimum Gasteiger partial charge on any atom is -0.491 e. The molecule has 360 valence electrons. The van der Waals surface area contributed by atoms with Crippen LogP contribution in [0.2, 0.25) is 0 Å². The first-order valence-electron chi connectivity index (χ1n) is 24.3. The number of cyclic esters (lactones) is 1. The Labute approximate surface area is 413 Å². The van der Waals surface area contributed by atoms with E-state index in [1.54, 1.807) is 0 Å². The molecule has 0 bridgehead atoms. The van der Waals surface area contributed by atoms with E-state index < -0.39 is 47.4 Å². The SMILES string of the molecule is CN(CC#Cc1ccc2c(c1)[C@]1(C(=O)N2)[C@H](C(=O)N2CCN(Cc3ccc4c(c3)OCO4)CC2)[C@H]2C(=O)O[C@H](c3ccccc3)[C@H](c3ccccc3)N2[C@@H]1c1ccccc1OCCO)Cc1ccccc1. The quantitative estimate of drug-likeness (QED) is 0.0983. The highest BCUT2D eigenvalue weighted by atomic mass is 16.7. The van der Waals surface area contributed by atoms with Crippen molar-refractivity contribution in [1.82, 2.24) is 19.6 Å². The van der Waals surface area contributed by atoms with Gasteiger partial charge < -0.3 is 34.3 Å². The van der Waals surface area contributed by atoms with E-state index in [1.165, 1.54) is 5.56 Å². The van der Waals surface area contributed by atoms with Gasteiger partial charge in [0.05, 0.1) is 31.2 Å². The molecule has 3 saturated heterocycles. The summed E-state index contributed by atoms with van der Waals surface area (Å²) in [6, 6.07) is 45.9. The number of piperazine rings is 1. The van der Waals surface area contributed by atoms with Crippen molar-refractivity contribution in [2.24, 2.45) is 5.92 Å². The number of morpholine rings is 1. The Kier molecular flexibility index (Phi) is 12.8. The number of ether oxygens (including phenoxy) is 4. The van der Waals surface area contributed by atoms with Crippen molar-refractivity contribution < 1.29 is 38.4 Å². The number of nitrogens with zero attached hydrogens (tertiary/aromatic N) is 4. The fourth-order valence-electron chi connectivity index (χ4n) is 11.5. The number of benzene rings is 6. The van der Waals surface area contributed by atoms with Crippen LogP contribution >= 0.6 is 0 Å². The Morgan fingerprint density at radius 1 is 0.789 bits per heavy atom. The molecule has 0 aliphatic carbocycles. The summed E-state index contributed by atoms with van der Waals surface area (Å²) in [5.74, 6) is 6.01. The molecule has 5 heterocycles. The summed E-state index contributed by atoms with van der Waals surface area (Å²) in [7, 11) is 2.02. The molecular weight excluding hydrogens is 895 g/mol. The van der Waals surface area contributed by atoms with Crippen LogP contribution in [-0.4, -0.2) is 108 Å². The van der Waals surface area contributed by atoms with Gasteiger partial charge in [-0.3, -0.25) is 29.1 Å². The van der Waals surface area contributed by atoms with Crippen LogP contribution in [0.15, 0.2) is 152 Å². The number of hydrogen-bond donors (Lipinski definition) is 2. The number of carbonyl (C=O) groups is 3. The van der Waals surface area contributed by atoms with Gasteiger partial charge in [-0.05, 0) is 71.3 Å². The van der Waals surface area contributed by atoms with Gasteiger partial charge in [0.15, 0.2) is 11.5 Å². The molecule has 13 heteroatoms. The molecule has 6 atom stereocenters. The second-order valence-corrected chi connectivity index (χ2v) is 18.8. The molecule has 1 spiro atoms. The van der Waals surface area contributed by atoms with Crippen molar-refractivity contribution in [3.63, 3.8) is 0 Å². The minimum absolute atomic E-state index is 0.0168. The highest BCUT2D eigenvalue weighted by molar-refractivity contribution is 6.12. The molecule has 0 radical (unpaired) electrons. The number of carbonyl (C=O) groups excluding carboxylic acids is 3. The average Bonchev–Trinajstić information content (AvgIpc) is 4.09. The normalized spacial score (nSPS) is 23.4. The molecule has 13 nitrogen and oxygen atoms in total. The van der Waals surface area contributed by atoms with Crippen molar-refractivity contribution in [3.05, 3.63) is 191 Å². The van der Waals surface area contributed by atoms with E-state index in [0.29, 0.717) is 73.1 Å². The number of aliphatic hydroxyl groups is 1. The fraction of sp³-hybridized carbons (Fsp3) is 0.293. The molecule has 6 aromatic carbocycles. The minimum atomic E-state index is -1.72. The van der Waals surface area contributed by atoms with Crippen molar-refractivity contribution in [3.8, 4) is 29.1 Å². The van der Waals surface area contributed by atoms with Gasteiger partial charge in [-0.15, -0.1) is 0 Å². The summed E-state index contributed by atoms with van der Waals surface area (Å²) < 4.78 is 24.2. The fourth-order valence-corrected chi connectivity index (χ4v) is 11.5. The summed E-state index contributed by atoms with van der Waals surface area (Å²) in [4.78, 5) is 55.9. The van der Waals surface area contributed by atoms with Gasteiger partial charge in [-0.1, -0.05) is 127 Å². The molecule has 71 heavy (non-hydrogen) atoms. The summed E-state index contributed by atoms with van der Waals surface area (Å²) in [6.45, 7) is 3.62. The lowest BCUT2D eigenvalue weighted by molar-refractivity contribution is -0.179. The van der Waals surface area contributed by atoms with Gasteiger partial charge in [0.25, 0.3) is 0 Å². The largest absolute Gasteiger partial charge is 0.491 e. The molecular formula is C58H55N5O8. The highest BCUT2D eigenvalue weighted by Crippen LogP contribution is 2.66. The number of nitrogens with one attached hydrogen (secondary N) is 1. The van der Waals surface area contributed by atoms with Crippen LogP contribution in [-0.2, 0) is 37.6 Å². The first-order chi connectivity index (χ1) is 34.8. The van der Waals surface area contributed by atoms with Crippen LogP contribution in [0.1, 0.15) is 57.1 Å². The molecule has 6 aromatic rings. The summed E-state index contributed by atoms with van der Waals surface area (Å²) in [5, 5.41) is 13.3. The van der Waals surface area contributed by atoms with Crippen LogP contribution in [0.3, 0.4) is 0 Å². The van der Waals surface area contributed by atoms with Crippen molar-refractivity contribution >= 4 is 23.5 Å². The zero-order valence-corrected chi connectivity index (χ0v) is 39.5. The molecule has 0 saturated carbocycles. The molecule has 2 N–H and O–H groups in total. The first-order valence-corrected chi connectivity index (χ1v) is 24.3. The van der Waals surface area contributed by atoms with Gasteiger partial charge in [0.1, 0.15) is 29.9 Å². The number of esters is 1. The van der Waals surface area contributed by atoms with E-state index in [4.69, 9.17) is 18.9 Å². The van der Waals surface area contributed by atoms with Crippen LogP contribution < -0.4 is 19.5 Å². The first kappa shape index (κ1) is 45.9. The maximum Gasteiger partial charge on any atom is 0.324 e. The third-order valence-corrected chi connectivity index (χ3v) is 14.5. The standard InChI is InChI=1S/C58H55N5O8/c1-60(36-40-14-5-2-6-15-40)27-13-16-39-23-25-46-45(34-39)58(57(67)59-46)50(55(65)62-30-28-61(29-31-62)37-41-24-26-48-49(35-41)70-38-69-48)52-56(66)71-53(43-19-9-4-10-20-43)51(42-17-7-3-8-18-42)63(52)54(58)44-21-11-12-22-47(44)68-33-32-64/h2-12,14-15,17-26,34-35,50-54,64H,27-33,36-38H2,1H3,(H,59,67)/t50-,51-,52-,53+,54+,58-/m0/s1. The third-order valence-electron chi connectivity index (χ3n) is 14.5. The molecule has 0 unspecified atom stereocenters. The Morgan fingerprint density at radius 2 is 1.49 bits per heavy atom. The number of hydrogen-bond acceptors (Lipinski definition) is 11. The molecule has 0 aromatic heterocycles. The summed E-state index contributed by atoms with van der Waals surface area (Å²) >= 11 is 0. The van der Waals surface area contributed by atoms with E-state index in [1.807, 2.05) is 151 Å². The summed E-state index contributed by atoms with van der Waals surface area (Å²) in [5.41, 5.74) is 4.49. The average molecular weight is 950 g/mol. The molecule has 5 aliphatic heterocycles. The monoisotopic (exact) mass is 949 g/mol. The zero-order valence-electron chi connectivity index (χ0n) is 39.5. The second-order valence-electron chi connectivity index (χ2n) is 18.8. The molecule has 5 aliphatic rings. The lowest BCUT2D eigenvalue weighted by atomic mass is 9.64. The van der Waals surface area contributed by atoms with Crippen LogP contribution in [0, 0.1) is 17.8 Å². The number of fused-ring (bicyclic) bond motifs is 4. The zero-order chi connectivity index (χ0) is 48.5. The number of para-hydroxylation sites is 1. The van der Waals surface area contributed by atoms with E-state index >= 15 is 14.4 Å². The smallest absolute Gasteiger partial charge is 0.324 e. The van der Waals surface area contributed by atoms with Crippen molar-refractivity contribution in [2.45, 2.75) is 42.7 Å². The Morgan fingerprint density at radius 3 is 2.25 bits per heavy atom. The van der Waals surface area contributed by atoms with Gasteiger partial charge in [0, 0.05) is 56.1 Å². The Hall–Kier alpha value is -7.47. The summed E-state index contributed by atoms with van der Waals surface area (Å²) in [6.07, 6.45) is -0.824. The number of rotatable bonds is 12. The number of anilines is 1. The van der Waals surface area contributed by atoms with Crippen molar-refractivity contribution in [2.75, 3.05) is 65.1 Å². The molecule has 3 fully saturated rings. The van der Waals surface area contributed by atoms with Gasteiger partial charge in [-0.25, -0.2) is 0 Å². The van der Waals surface area contributed by atoms with E-state index in [0.717, 1.165) is 29.0 Å². The van der Waals surface area contributed by atoms with Crippen molar-refractivity contribution in [1.29, 1.82) is 0 Å². The maximum absolute atomic E-state index is 16.2. The van der Waals surface area contributed by atoms with E-state index in [9.17, 15) is 5.11 Å². The number of amides is 2. The maximum atomic E-state index is 16.2. The highest BCUT2D eigenvalue weighted by Gasteiger charge is 2.74. The van der Waals surface area contributed by atoms with Gasteiger partial charge in [0.2, 0.25) is 18.6 Å². The predicted molar refractivity (Wildman–Crippen MR) is 266 cm³/mol. The molecule has 11 rings (SSSR count). The van der Waals surface area contributed by atoms with Gasteiger partial charge >= 0.3 is 5.97 Å².